The van der Waals surface area contributed by atoms with Crippen LogP contribution in [0.25, 0.3) is 0 Å². The van der Waals surface area contributed by atoms with Gasteiger partial charge in [-0.2, -0.15) is 0 Å². The van der Waals surface area contributed by atoms with Gasteiger partial charge in [0.05, 0.1) is 19.8 Å². The van der Waals surface area contributed by atoms with Crippen molar-refractivity contribution in [2.75, 3.05) is 26.4 Å². The minimum atomic E-state index is -0.180. The Morgan fingerprint density at radius 1 is 1.07 bits per heavy atom. The van der Waals surface area contributed by atoms with Gasteiger partial charge in [-0.3, -0.25) is 0 Å². The molecule has 2 rings (SSSR count). The number of hydrogen-bond donors (Lipinski definition) is 0. The van der Waals surface area contributed by atoms with Crippen molar-refractivity contribution in [3.63, 3.8) is 0 Å². The summed E-state index contributed by atoms with van der Waals surface area (Å²) >= 11 is 0. The number of ether oxygens (including phenoxy) is 4. The van der Waals surface area contributed by atoms with E-state index in [2.05, 4.69) is 0 Å². The van der Waals surface area contributed by atoms with Gasteiger partial charge in [-0.15, -0.1) is 0 Å². The first-order valence-corrected chi connectivity index (χ1v) is 5.58. The highest BCUT2D eigenvalue weighted by Gasteiger charge is 2.14. The third-order valence-corrected chi connectivity index (χ3v) is 2.46. The summed E-state index contributed by atoms with van der Waals surface area (Å²) < 4.78 is 21.5. The average molecular weight is 214 g/mol. The topological polar surface area (TPSA) is 36.9 Å². The molecule has 0 aromatic rings. The Morgan fingerprint density at radius 2 is 1.93 bits per heavy atom. The largest absolute Gasteiger partial charge is 0.353 e. The van der Waals surface area contributed by atoms with Gasteiger partial charge in [0.15, 0.2) is 12.6 Å². The van der Waals surface area contributed by atoms with Crippen LogP contribution in [-0.4, -0.2) is 39.0 Å². The summed E-state index contributed by atoms with van der Waals surface area (Å²) in [5.74, 6) is 0. The van der Waals surface area contributed by atoms with Crippen LogP contribution >= 0.6 is 0 Å². The minimum Gasteiger partial charge on any atom is -0.353 e. The molecule has 0 bridgehead atoms. The van der Waals surface area contributed by atoms with Gasteiger partial charge in [-0.25, -0.2) is 0 Å². The third kappa shape index (κ3) is 3.91. The molecule has 0 spiro atoms. The number of rotatable bonds is 4. The highest BCUT2D eigenvalue weighted by atomic mass is 16.7. The Kier molecular flexibility index (Phi) is 4.60. The smallest absolute Gasteiger partial charge is 0.177 e. The van der Waals surface area contributed by atoms with E-state index >= 15 is 0 Å². The molecule has 4 nitrogen and oxygen atoms in total. The molecular weight excluding hydrogens is 196 g/mol. The maximum Gasteiger partial charge on any atom is 0.177 e. The summed E-state index contributed by atoms with van der Waals surface area (Å²) in [6.07, 6.45) is 6.96. The molecule has 0 N–H and O–H groups in total. The molecule has 0 aromatic carbocycles. The molecule has 2 aliphatic heterocycles. The normalized spacial score (nSPS) is 28.9. The van der Waals surface area contributed by atoms with Crippen LogP contribution in [0.5, 0.6) is 0 Å². The molecule has 2 saturated heterocycles. The summed E-state index contributed by atoms with van der Waals surface area (Å²) in [4.78, 5) is 0. The van der Waals surface area contributed by atoms with Gasteiger partial charge in [-0.05, 0) is 25.3 Å². The lowest BCUT2D eigenvalue weighted by Crippen LogP contribution is -2.22. The van der Waals surface area contributed by atoms with E-state index in [9.17, 15) is 0 Å². The van der Waals surface area contributed by atoms with Crippen molar-refractivity contribution in [2.24, 2.45) is 0 Å². The van der Waals surface area contributed by atoms with Crippen molar-refractivity contribution >= 4 is 0 Å². The maximum atomic E-state index is 5.52. The molecule has 4 heteroatoms. The molecule has 86 valence electrons. The quantitative estimate of drug-likeness (QED) is 0.664. The van der Waals surface area contributed by atoms with Gasteiger partial charge in [0.25, 0.3) is 0 Å². The van der Waals surface area contributed by atoms with Crippen molar-refractivity contribution in [1.82, 2.24) is 0 Å². The molecule has 2 fully saturated rings. The fourth-order valence-corrected chi connectivity index (χ4v) is 1.66. The van der Waals surface area contributed by atoms with Crippen molar-refractivity contribution < 1.29 is 18.9 Å². The van der Waals surface area contributed by atoms with E-state index in [0.717, 1.165) is 19.4 Å². The molecule has 2 aliphatic rings. The van der Waals surface area contributed by atoms with Crippen LogP contribution in [0.1, 0.15) is 19.3 Å². The van der Waals surface area contributed by atoms with Crippen molar-refractivity contribution in [3.05, 3.63) is 12.2 Å². The molecule has 0 radical (unpaired) electrons. The second-order valence-corrected chi connectivity index (χ2v) is 3.67. The second kappa shape index (κ2) is 6.23. The van der Waals surface area contributed by atoms with Crippen LogP contribution in [0.4, 0.5) is 0 Å². The van der Waals surface area contributed by atoms with E-state index in [1.165, 1.54) is 6.42 Å². The molecule has 0 aliphatic carbocycles. The molecular formula is C11H18O4. The van der Waals surface area contributed by atoms with Crippen LogP contribution in [0.2, 0.25) is 0 Å². The minimum absolute atomic E-state index is 0.0196. The molecule has 2 heterocycles. The monoisotopic (exact) mass is 214 g/mol. The van der Waals surface area contributed by atoms with Crippen LogP contribution in [-0.2, 0) is 18.9 Å². The van der Waals surface area contributed by atoms with E-state index in [0.29, 0.717) is 19.8 Å². The highest BCUT2D eigenvalue weighted by molar-refractivity contribution is 4.86. The zero-order valence-corrected chi connectivity index (χ0v) is 8.89. The first-order valence-electron chi connectivity index (χ1n) is 5.58. The Hall–Kier alpha value is -0.420. The SMILES string of the molecule is C(=C\C1OCCO1)/COC1CCCCO1. The summed E-state index contributed by atoms with van der Waals surface area (Å²) in [7, 11) is 0. The van der Waals surface area contributed by atoms with Gasteiger partial charge in [-0.1, -0.05) is 6.08 Å². The van der Waals surface area contributed by atoms with E-state index in [4.69, 9.17) is 18.9 Å². The summed E-state index contributed by atoms with van der Waals surface area (Å²) in [5.41, 5.74) is 0. The predicted molar refractivity (Wildman–Crippen MR) is 54.4 cm³/mol. The van der Waals surface area contributed by atoms with Gasteiger partial charge in [0.1, 0.15) is 0 Å². The van der Waals surface area contributed by atoms with Gasteiger partial charge >= 0.3 is 0 Å². The predicted octanol–water partition coefficient (Wildman–Crippen LogP) is 1.46. The average Bonchev–Trinajstić information content (AvgIpc) is 2.79. The highest BCUT2D eigenvalue weighted by Crippen LogP contribution is 2.13. The lowest BCUT2D eigenvalue weighted by molar-refractivity contribution is -0.155. The zero-order valence-electron chi connectivity index (χ0n) is 8.89. The Morgan fingerprint density at radius 3 is 2.67 bits per heavy atom. The molecule has 1 atom stereocenters. The van der Waals surface area contributed by atoms with Crippen molar-refractivity contribution in [2.45, 2.75) is 31.8 Å². The van der Waals surface area contributed by atoms with E-state index < -0.39 is 0 Å². The zero-order chi connectivity index (χ0) is 10.3. The molecule has 0 amide bonds. The third-order valence-electron chi connectivity index (χ3n) is 2.46. The molecule has 1 unspecified atom stereocenters. The standard InChI is InChI=1S/C11H18O4/c1-2-6-12-10(4-1)13-7-3-5-11-14-8-9-15-11/h3,5,10-11H,1-2,4,6-9H2/b5-3+. The summed E-state index contributed by atoms with van der Waals surface area (Å²) in [5, 5.41) is 0. The van der Waals surface area contributed by atoms with E-state index in [1.54, 1.807) is 0 Å². The lowest BCUT2D eigenvalue weighted by Gasteiger charge is -2.21. The van der Waals surface area contributed by atoms with E-state index in [-0.39, 0.29) is 12.6 Å². The van der Waals surface area contributed by atoms with Gasteiger partial charge in [0, 0.05) is 6.61 Å². The maximum absolute atomic E-state index is 5.52. The fraction of sp³-hybridized carbons (Fsp3) is 0.818. The Balaban J connectivity index is 1.56. The van der Waals surface area contributed by atoms with E-state index in [1.807, 2.05) is 12.2 Å². The van der Waals surface area contributed by atoms with Crippen LogP contribution in [0, 0.1) is 0 Å². The van der Waals surface area contributed by atoms with Crippen molar-refractivity contribution in [3.8, 4) is 0 Å². The van der Waals surface area contributed by atoms with Gasteiger partial charge < -0.3 is 18.9 Å². The Bertz CT molecular complexity index is 193. The van der Waals surface area contributed by atoms with Crippen molar-refractivity contribution in [1.29, 1.82) is 0 Å². The first kappa shape index (κ1) is 11.1. The fourth-order valence-electron chi connectivity index (χ4n) is 1.66. The van der Waals surface area contributed by atoms with Crippen LogP contribution in [0.15, 0.2) is 12.2 Å². The lowest BCUT2D eigenvalue weighted by atomic mass is 10.2. The first-order chi connectivity index (χ1) is 7.45. The molecule has 0 saturated carbocycles. The van der Waals surface area contributed by atoms with Crippen LogP contribution < -0.4 is 0 Å². The Labute approximate surface area is 90.1 Å². The van der Waals surface area contributed by atoms with Crippen LogP contribution in [0.3, 0.4) is 0 Å². The summed E-state index contributed by atoms with van der Waals surface area (Å²) in [6.45, 7) is 2.75. The summed E-state index contributed by atoms with van der Waals surface area (Å²) in [6, 6.07) is 0. The number of hydrogen-bond acceptors (Lipinski definition) is 4. The second-order valence-electron chi connectivity index (χ2n) is 3.67. The molecule has 0 aromatic heterocycles. The molecule has 15 heavy (non-hydrogen) atoms. The van der Waals surface area contributed by atoms with Gasteiger partial charge in [0.2, 0.25) is 0 Å².